The first kappa shape index (κ1) is 20.9. The second-order valence-corrected chi connectivity index (χ2v) is 6.96. The van der Waals surface area contributed by atoms with Gasteiger partial charge in [-0.05, 0) is 38.1 Å². The summed E-state index contributed by atoms with van der Waals surface area (Å²) in [4.78, 5) is 49.2. The molecule has 0 unspecified atom stereocenters. The van der Waals surface area contributed by atoms with Gasteiger partial charge in [-0.2, -0.15) is 0 Å². The van der Waals surface area contributed by atoms with E-state index in [9.17, 15) is 19.2 Å². The maximum Gasteiger partial charge on any atom is 0.338 e. The van der Waals surface area contributed by atoms with E-state index in [0.29, 0.717) is 11.3 Å². The average molecular weight is 394 g/mol. The molecule has 0 spiro atoms. The number of ether oxygens (including phenoxy) is 2. The minimum Gasteiger partial charge on any atom is -0.465 e. The molecule has 1 heterocycles. The zero-order valence-electron chi connectivity index (χ0n) is 15.2. The molecule has 0 bridgehead atoms. The predicted molar refractivity (Wildman–Crippen MR) is 100 cm³/mol. The van der Waals surface area contributed by atoms with Crippen molar-refractivity contribution < 1.29 is 28.7 Å². The van der Waals surface area contributed by atoms with Crippen LogP contribution in [-0.4, -0.2) is 54.0 Å². The zero-order chi connectivity index (χ0) is 20.0. The van der Waals surface area contributed by atoms with Gasteiger partial charge >= 0.3 is 11.9 Å². The number of benzene rings is 1. The van der Waals surface area contributed by atoms with Crippen LogP contribution in [0.3, 0.4) is 0 Å². The smallest absolute Gasteiger partial charge is 0.338 e. The summed E-state index contributed by atoms with van der Waals surface area (Å²) < 4.78 is 9.73. The van der Waals surface area contributed by atoms with Gasteiger partial charge in [0.05, 0.1) is 29.7 Å². The molecule has 1 fully saturated rings. The Hall–Kier alpha value is -2.39. The lowest BCUT2D eigenvalue weighted by Gasteiger charge is -2.16. The van der Waals surface area contributed by atoms with Gasteiger partial charge in [0, 0.05) is 12.2 Å². The molecule has 2 N–H and O–H groups in total. The highest BCUT2D eigenvalue weighted by Crippen LogP contribution is 2.30. The second-order valence-electron chi connectivity index (χ2n) is 5.72. The monoisotopic (exact) mass is 394 g/mol. The third-order valence-electron chi connectivity index (χ3n) is 3.81. The normalized spacial score (nSPS) is 17.7. The van der Waals surface area contributed by atoms with Gasteiger partial charge in [0.1, 0.15) is 6.04 Å². The number of amides is 2. The van der Waals surface area contributed by atoms with E-state index >= 15 is 0 Å². The first-order valence-corrected chi connectivity index (χ1v) is 9.61. The van der Waals surface area contributed by atoms with Crippen LogP contribution in [0.25, 0.3) is 0 Å². The number of hydrogen-bond donors (Lipinski definition) is 1. The van der Waals surface area contributed by atoms with Crippen LogP contribution in [0.2, 0.25) is 0 Å². The summed E-state index contributed by atoms with van der Waals surface area (Å²) >= 11 is 1.16. The summed E-state index contributed by atoms with van der Waals surface area (Å²) in [6.45, 7) is 3.88. The second kappa shape index (κ2) is 9.52. The van der Waals surface area contributed by atoms with Gasteiger partial charge < -0.3 is 15.2 Å². The fourth-order valence-electron chi connectivity index (χ4n) is 2.50. The SMILES string of the molecule is CCOC(=O)c1ccc(N2C(=O)C[C@H](SC[C@H](N)C(=O)OCC)C2=O)cc1. The standard InChI is InChI=1S/C18H22N2O6S/c1-3-25-17(23)11-5-7-12(8-6-11)20-15(21)9-14(16(20)22)27-10-13(19)18(24)26-4-2/h5-8,13-14H,3-4,9-10,19H2,1-2H3/t13-,14-/m0/s1. The van der Waals surface area contributed by atoms with Crippen molar-refractivity contribution in [2.24, 2.45) is 5.73 Å². The molecule has 1 aromatic rings. The summed E-state index contributed by atoms with van der Waals surface area (Å²) in [5, 5.41) is -0.609. The van der Waals surface area contributed by atoms with Crippen molar-refractivity contribution in [1.82, 2.24) is 0 Å². The lowest BCUT2D eigenvalue weighted by atomic mass is 10.2. The van der Waals surface area contributed by atoms with E-state index in [1.165, 1.54) is 24.3 Å². The number of nitrogens with zero attached hydrogens (tertiary/aromatic N) is 1. The molecule has 27 heavy (non-hydrogen) atoms. The molecule has 146 valence electrons. The van der Waals surface area contributed by atoms with E-state index in [1.54, 1.807) is 13.8 Å². The van der Waals surface area contributed by atoms with E-state index in [4.69, 9.17) is 15.2 Å². The van der Waals surface area contributed by atoms with Gasteiger partial charge in [-0.25, -0.2) is 9.69 Å². The number of imide groups is 1. The third kappa shape index (κ3) is 5.08. The highest BCUT2D eigenvalue weighted by Gasteiger charge is 2.40. The van der Waals surface area contributed by atoms with E-state index in [1.807, 2.05) is 0 Å². The summed E-state index contributed by atoms with van der Waals surface area (Å²) in [6, 6.07) is 5.21. The number of carbonyl (C=O) groups is 4. The van der Waals surface area contributed by atoms with Crippen molar-refractivity contribution in [2.45, 2.75) is 31.6 Å². The van der Waals surface area contributed by atoms with Crippen molar-refractivity contribution in [3.63, 3.8) is 0 Å². The molecule has 2 atom stereocenters. The number of rotatable bonds is 8. The first-order chi connectivity index (χ1) is 12.9. The molecular formula is C18H22N2O6S. The number of esters is 2. The Balaban J connectivity index is 2.01. The number of anilines is 1. The lowest BCUT2D eigenvalue weighted by molar-refractivity contribution is -0.144. The van der Waals surface area contributed by atoms with Gasteiger partial charge in [-0.1, -0.05) is 0 Å². The van der Waals surface area contributed by atoms with Crippen LogP contribution in [0.15, 0.2) is 24.3 Å². The Morgan fingerprint density at radius 3 is 2.41 bits per heavy atom. The van der Waals surface area contributed by atoms with Crippen molar-refractivity contribution in [3.8, 4) is 0 Å². The zero-order valence-corrected chi connectivity index (χ0v) is 16.0. The molecule has 1 aromatic carbocycles. The van der Waals surface area contributed by atoms with Gasteiger partial charge in [-0.3, -0.25) is 14.4 Å². The maximum absolute atomic E-state index is 12.6. The number of hydrogen-bond acceptors (Lipinski definition) is 8. The fourth-order valence-corrected chi connectivity index (χ4v) is 3.59. The molecule has 1 aliphatic heterocycles. The Morgan fingerprint density at radius 2 is 1.81 bits per heavy atom. The molecule has 0 aromatic heterocycles. The molecule has 9 heteroatoms. The molecule has 1 aliphatic rings. The molecule has 2 rings (SSSR count). The maximum atomic E-state index is 12.6. The van der Waals surface area contributed by atoms with Crippen LogP contribution < -0.4 is 10.6 Å². The first-order valence-electron chi connectivity index (χ1n) is 8.56. The molecule has 2 amide bonds. The van der Waals surface area contributed by atoms with Crippen LogP contribution in [0.1, 0.15) is 30.6 Å². The van der Waals surface area contributed by atoms with Gasteiger partial charge in [0.25, 0.3) is 0 Å². The Kier molecular flexibility index (Phi) is 7.37. The largest absolute Gasteiger partial charge is 0.465 e. The van der Waals surface area contributed by atoms with Crippen LogP contribution in [0, 0.1) is 0 Å². The summed E-state index contributed by atoms with van der Waals surface area (Å²) in [6.07, 6.45) is 0.0265. The minimum atomic E-state index is -0.851. The Labute approximate surface area is 161 Å². The lowest BCUT2D eigenvalue weighted by Crippen LogP contribution is -2.36. The topological polar surface area (TPSA) is 116 Å². The molecule has 1 saturated heterocycles. The van der Waals surface area contributed by atoms with E-state index in [2.05, 4.69) is 0 Å². The number of nitrogens with two attached hydrogens (primary N) is 1. The predicted octanol–water partition coefficient (Wildman–Crippen LogP) is 1.12. The quantitative estimate of drug-likeness (QED) is 0.515. The van der Waals surface area contributed by atoms with Crippen molar-refractivity contribution >= 4 is 41.2 Å². The fraction of sp³-hybridized carbons (Fsp3) is 0.444. The Bertz CT molecular complexity index is 721. The highest BCUT2D eigenvalue weighted by atomic mass is 32.2. The van der Waals surface area contributed by atoms with Crippen LogP contribution in [0.5, 0.6) is 0 Å². The van der Waals surface area contributed by atoms with Crippen LogP contribution in [0.4, 0.5) is 5.69 Å². The molecule has 0 radical (unpaired) electrons. The molecule has 0 saturated carbocycles. The molecular weight excluding hydrogens is 372 g/mol. The van der Waals surface area contributed by atoms with Gasteiger partial charge in [-0.15, -0.1) is 11.8 Å². The van der Waals surface area contributed by atoms with Gasteiger partial charge in [0.15, 0.2) is 0 Å². The molecule has 8 nitrogen and oxygen atoms in total. The summed E-state index contributed by atoms with van der Waals surface area (Å²) in [5.41, 5.74) is 6.45. The van der Waals surface area contributed by atoms with E-state index in [-0.39, 0.29) is 37.2 Å². The summed E-state index contributed by atoms with van der Waals surface area (Å²) in [5.74, 6) is -1.54. The van der Waals surface area contributed by atoms with Crippen molar-refractivity contribution in [2.75, 3.05) is 23.9 Å². The number of carbonyl (C=O) groups excluding carboxylic acids is 4. The summed E-state index contributed by atoms with van der Waals surface area (Å²) in [7, 11) is 0. The average Bonchev–Trinajstić information content (AvgIpc) is 2.93. The molecule has 0 aliphatic carbocycles. The van der Waals surface area contributed by atoms with E-state index in [0.717, 1.165) is 16.7 Å². The van der Waals surface area contributed by atoms with E-state index < -0.39 is 23.2 Å². The van der Waals surface area contributed by atoms with Crippen molar-refractivity contribution in [3.05, 3.63) is 29.8 Å². The Morgan fingerprint density at radius 1 is 1.19 bits per heavy atom. The third-order valence-corrected chi connectivity index (χ3v) is 5.13. The van der Waals surface area contributed by atoms with Crippen molar-refractivity contribution in [1.29, 1.82) is 0 Å². The minimum absolute atomic E-state index is 0.0265. The number of thioether (sulfide) groups is 1. The van der Waals surface area contributed by atoms with Gasteiger partial charge in [0.2, 0.25) is 11.8 Å². The van der Waals surface area contributed by atoms with Crippen LogP contribution >= 0.6 is 11.8 Å². The highest BCUT2D eigenvalue weighted by molar-refractivity contribution is 8.00. The van der Waals surface area contributed by atoms with Crippen LogP contribution in [-0.2, 0) is 23.9 Å².